The van der Waals surface area contributed by atoms with Crippen molar-refractivity contribution in [2.75, 3.05) is 14.2 Å². The van der Waals surface area contributed by atoms with Crippen molar-refractivity contribution in [3.8, 4) is 17.2 Å². The molecular formula is C27H34O4. The summed E-state index contributed by atoms with van der Waals surface area (Å²) in [6.07, 6.45) is 5.25. The van der Waals surface area contributed by atoms with Gasteiger partial charge in [-0.15, -0.1) is 0 Å². The van der Waals surface area contributed by atoms with Gasteiger partial charge in [-0.1, -0.05) is 55.8 Å². The fourth-order valence-corrected chi connectivity index (χ4v) is 4.72. The van der Waals surface area contributed by atoms with Crippen LogP contribution in [0.4, 0.5) is 0 Å². The van der Waals surface area contributed by atoms with Gasteiger partial charge in [0.15, 0.2) is 5.78 Å². The van der Waals surface area contributed by atoms with E-state index < -0.39 is 0 Å². The summed E-state index contributed by atoms with van der Waals surface area (Å²) in [7, 11) is 3.11. The maximum atomic E-state index is 13.2. The molecule has 4 nitrogen and oxygen atoms in total. The Morgan fingerprint density at radius 1 is 1.13 bits per heavy atom. The number of Topliss-reactive ketones (excluding diaryl/α,β-unsaturated/α-hetero) is 1. The van der Waals surface area contributed by atoms with E-state index in [4.69, 9.17) is 9.47 Å². The molecule has 1 N–H and O–H groups in total. The van der Waals surface area contributed by atoms with E-state index >= 15 is 0 Å². The lowest BCUT2D eigenvalue weighted by Crippen LogP contribution is -2.22. The van der Waals surface area contributed by atoms with E-state index in [-0.39, 0.29) is 23.0 Å². The van der Waals surface area contributed by atoms with Gasteiger partial charge in [0, 0.05) is 24.0 Å². The third-order valence-electron chi connectivity index (χ3n) is 6.46. The summed E-state index contributed by atoms with van der Waals surface area (Å²) in [6, 6.07) is 11.7. The molecule has 31 heavy (non-hydrogen) atoms. The molecule has 2 aromatic rings. The Balaban J connectivity index is 2.06. The SMILES string of the molecule is COc1cc(OC)c([C@H]2C=C(C)CC[C@@H]2C(C)C)c(O)c1C(=O)CCc1ccccc1. The molecule has 1 aliphatic rings. The third kappa shape index (κ3) is 4.95. The van der Waals surface area contributed by atoms with Gasteiger partial charge in [0.2, 0.25) is 0 Å². The van der Waals surface area contributed by atoms with Gasteiger partial charge in [0.05, 0.1) is 14.2 Å². The zero-order valence-corrected chi connectivity index (χ0v) is 19.3. The Kier molecular flexibility index (Phi) is 7.42. The van der Waals surface area contributed by atoms with Gasteiger partial charge >= 0.3 is 0 Å². The highest BCUT2D eigenvalue weighted by atomic mass is 16.5. The predicted octanol–water partition coefficient (Wildman–Crippen LogP) is 6.32. The first-order chi connectivity index (χ1) is 14.9. The van der Waals surface area contributed by atoms with Gasteiger partial charge in [-0.3, -0.25) is 4.79 Å². The Morgan fingerprint density at radius 3 is 2.42 bits per heavy atom. The Hall–Kier alpha value is -2.75. The van der Waals surface area contributed by atoms with E-state index in [1.807, 2.05) is 30.3 Å². The summed E-state index contributed by atoms with van der Waals surface area (Å²) in [4.78, 5) is 13.2. The number of methoxy groups -OCH3 is 2. The van der Waals surface area contributed by atoms with Crippen LogP contribution in [0.15, 0.2) is 48.0 Å². The van der Waals surface area contributed by atoms with Crippen molar-refractivity contribution in [2.45, 2.75) is 52.4 Å². The molecule has 0 heterocycles. The molecule has 2 atom stereocenters. The second-order valence-electron chi connectivity index (χ2n) is 8.81. The number of ether oxygens (including phenoxy) is 2. The molecule has 0 spiro atoms. The average Bonchev–Trinajstić information content (AvgIpc) is 2.77. The maximum Gasteiger partial charge on any atom is 0.170 e. The van der Waals surface area contributed by atoms with Crippen molar-refractivity contribution in [2.24, 2.45) is 11.8 Å². The van der Waals surface area contributed by atoms with Crippen molar-refractivity contribution in [1.82, 2.24) is 0 Å². The van der Waals surface area contributed by atoms with Crippen LogP contribution in [0.3, 0.4) is 0 Å². The minimum absolute atomic E-state index is 0.00383. The molecule has 3 rings (SSSR count). The summed E-state index contributed by atoms with van der Waals surface area (Å²) in [5.41, 5.74) is 3.35. The van der Waals surface area contributed by atoms with Crippen molar-refractivity contribution < 1.29 is 19.4 Å². The highest BCUT2D eigenvalue weighted by molar-refractivity contribution is 6.02. The Morgan fingerprint density at radius 2 is 1.81 bits per heavy atom. The number of carbonyl (C=O) groups is 1. The molecule has 0 radical (unpaired) electrons. The van der Waals surface area contributed by atoms with Gasteiger partial charge in [0.25, 0.3) is 0 Å². The summed E-state index contributed by atoms with van der Waals surface area (Å²) in [6.45, 7) is 6.55. The van der Waals surface area contributed by atoms with Crippen LogP contribution in [0, 0.1) is 11.8 Å². The third-order valence-corrected chi connectivity index (χ3v) is 6.46. The largest absolute Gasteiger partial charge is 0.507 e. The first-order valence-electron chi connectivity index (χ1n) is 11.1. The lowest BCUT2D eigenvalue weighted by molar-refractivity contribution is 0.0976. The highest BCUT2D eigenvalue weighted by Crippen LogP contribution is 2.50. The zero-order valence-electron chi connectivity index (χ0n) is 19.3. The number of rotatable bonds is 8. The van der Waals surface area contributed by atoms with Crippen molar-refractivity contribution in [3.63, 3.8) is 0 Å². The molecule has 2 aromatic carbocycles. The molecule has 0 aliphatic heterocycles. The number of allylic oxidation sites excluding steroid dienone is 2. The molecule has 0 bridgehead atoms. The quantitative estimate of drug-likeness (QED) is 0.399. The van der Waals surface area contributed by atoms with Crippen LogP contribution in [0.1, 0.15) is 67.4 Å². The molecular weight excluding hydrogens is 388 g/mol. The van der Waals surface area contributed by atoms with Crippen LogP contribution in [0.2, 0.25) is 0 Å². The molecule has 1 aliphatic carbocycles. The van der Waals surface area contributed by atoms with Gasteiger partial charge in [-0.25, -0.2) is 0 Å². The number of ketones is 1. The van der Waals surface area contributed by atoms with E-state index in [9.17, 15) is 9.90 Å². The first-order valence-corrected chi connectivity index (χ1v) is 11.1. The topological polar surface area (TPSA) is 55.8 Å². The minimum atomic E-state index is -0.125. The van der Waals surface area contributed by atoms with Crippen LogP contribution < -0.4 is 9.47 Å². The van der Waals surface area contributed by atoms with Crippen molar-refractivity contribution in [1.29, 1.82) is 0 Å². The van der Waals surface area contributed by atoms with Gasteiger partial charge in [-0.2, -0.15) is 0 Å². The molecule has 4 heteroatoms. The van der Waals surface area contributed by atoms with Crippen LogP contribution >= 0.6 is 0 Å². The number of phenols is 1. The fraction of sp³-hybridized carbons (Fsp3) is 0.444. The number of hydrogen-bond acceptors (Lipinski definition) is 4. The molecule has 0 saturated carbocycles. The molecule has 0 aromatic heterocycles. The lowest BCUT2D eigenvalue weighted by atomic mass is 9.71. The first kappa shape index (κ1) is 22.9. The number of phenolic OH excluding ortho intramolecular Hbond substituents is 1. The van der Waals surface area contributed by atoms with E-state index in [1.54, 1.807) is 13.2 Å². The summed E-state index contributed by atoms with van der Waals surface area (Å²) in [5, 5.41) is 11.4. The standard InChI is InChI=1S/C27H34O4/c1-17(2)20-13-11-18(3)15-21(20)25-23(30-4)16-24(31-5)26(27(25)29)22(28)14-12-19-9-7-6-8-10-19/h6-10,15-17,20-21,29H,11-14H2,1-5H3/t20-,21+/m1/s1. The minimum Gasteiger partial charge on any atom is -0.507 e. The number of aryl methyl sites for hydroxylation is 1. The summed E-state index contributed by atoms with van der Waals surface area (Å²) >= 11 is 0. The van der Waals surface area contributed by atoms with Crippen LogP contribution in [-0.2, 0) is 6.42 Å². The average molecular weight is 423 g/mol. The Bertz CT molecular complexity index is 943. The zero-order chi connectivity index (χ0) is 22.5. The van der Waals surface area contributed by atoms with E-state index in [2.05, 4.69) is 26.8 Å². The molecule has 0 saturated heterocycles. The summed E-state index contributed by atoms with van der Waals surface area (Å²) < 4.78 is 11.2. The van der Waals surface area contributed by atoms with Crippen LogP contribution in [0.25, 0.3) is 0 Å². The van der Waals surface area contributed by atoms with E-state index in [0.29, 0.717) is 41.7 Å². The predicted molar refractivity (Wildman–Crippen MR) is 124 cm³/mol. The van der Waals surface area contributed by atoms with E-state index in [0.717, 1.165) is 18.4 Å². The number of aromatic hydroxyl groups is 1. The number of carbonyl (C=O) groups excluding carboxylic acids is 1. The molecule has 166 valence electrons. The van der Waals surface area contributed by atoms with Gasteiger partial charge < -0.3 is 14.6 Å². The lowest BCUT2D eigenvalue weighted by Gasteiger charge is -2.34. The van der Waals surface area contributed by atoms with Crippen molar-refractivity contribution >= 4 is 5.78 Å². The van der Waals surface area contributed by atoms with Crippen LogP contribution in [0.5, 0.6) is 17.2 Å². The normalized spacial score (nSPS) is 18.6. The monoisotopic (exact) mass is 422 g/mol. The van der Waals surface area contributed by atoms with E-state index in [1.165, 1.54) is 12.7 Å². The smallest absolute Gasteiger partial charge is 0.170 e. The molecule has 0 amide bonds. The number of hydrogen-bond donors (Lipinski definition) is 1. The number of benzene rings is 2. The fourth-order valence-electron chi connectivity index (χ4n) is 4.72. The second kappa shape index (κ2) is 10.0. The van der Waals surface area contributed by atoms with Crippen LogP contribution in [-0.4, -0.2) is 25.1 Å². The maximum absolute atomic E-state index is 13.2. The molecule has 0 unspecified atom stereocenters. The Labute approximate surface area is 185 Å². The van der Waals surface area contributed by atoms with Gasteiger partial charge in [0.1, 0.15) is 22.8 Å². The highest BCUT2D eigenvalue weighted by Gasteiger charge is 2.34. The molecule has 0 fully saturated rings. The summed E-state index contributed by atoms with van der Waals surface area (Å²) in [5.74, 6) is 1.59. The van der Waals surface area contributed by atoms with Crippen molar-refractivity contribution in [3.05, 3.63) is 64.7 Å². The van der Waals surface area contributed by atoms with Gasteiger partial charge in [-0.05, 0) is 43.6 Å². The second-order valence-corrected chi connectivity index (χ2v) is 8.81.